The van der Waals surface area contributed by atoms with Crippen LogP contribution in [0.2, 0.25) is 0 Å². The molecule has 0 bridgehead atoms. The highest BCUT2D eigenvalue weighted by atomic mass is 32.2. The van der Waals surface area contributed by atoms with E-state index in [4.69, 9.17) is 4.74 Å². The predicted octanol–water partition coefficient (Wildman–Crippen LogP) is 1.58. The Hall–Kier alpha value is -2.81. The molecule has 1 aromatic heterocycles. The second-order valence-electron chi connectivity index (χ2n) is 5.32. The molecule has 0 aliphatic carbocycles. The maximum Gasteiger partial charge on any atom is 0.321 e. The Labute approximate surface area is 155 Å². The molecule has 1 heterocycles. The molecule has 0 radical (unpaired) electrons. The molecule has 1 aromatic carbocycles. The van der Waals surface area contributed by atoms with Crippen LogP contribution in [0.4, 0.5) is 4.79 Å². The minimum atomic E-state index is -0.688. The second-order valence-corrected chi connectivity index (χ2v) is 6.31. The van der Waals surface area contributed by atoms with Gasteiger partial charge in [0.15, 0.2) is 6.61 Å². The van der Waals surface area contributed by atoms with Gasteiger partial charge in [-0.3, -0.25) is 14.9 Å². The number of urea groups is 1. The molecule has 0 aliphatic heterocycles. The van der Waals surface area contributed by atoms with Crippen molar-refractivity contribution < 1.29 is 19.1 Å². The summed E-state index contributed by atoms with van der Waals surface area (Å²) in [5, 5.41) is 8.76. The van der Waals surface area contributed by atoms with Gasteiger partial charge in [-0.15, -0.1) is 11.8 Å². The number of amides is 3. The highest BCUT2D eigenvalue weighted by Gasteiger charge is 2.16. The van der Waals surface area contributed by atoms with Gasteiger partial charge < -0.3 is 10.1 Å². The van der Waals surface area contributed by atoms with Gasteiger partial charge in [-0.05, 0) is 26.0 Å². The lowest BCUT2D eigenvalue weighted by Gasteiger charge is -2.06. The van der Waals surface area contributed by atoms with E-state index in [1.165, 1.54) is 18.8 Å². The number of imide groups is 1. The van der Waals surface area contributed by atoms with Gasteiger partial charge in [0.25, 0.3) is 5.91 Å². The van der Waals surface area contributed by atoms with E-state index in [9.17, 15) is 14.4 Å². The normalized spacial score (nSPS) is 10.3. The molecular weight excluding hydrogens is 356 g/mol. The quantitative estimate of drug-likeness (QED) is 0.586. The van der Waals surface area contributed by atoms with Crippen molar-refractivity contribution in [1.29, 1.82) is 0 Å². The zero-order valence-electron chi connectivity index (χ0n) is 14.7. The Morgan fingerprint density at radius 3 is 2.54 bits per heavy atom. The minimum Gasteiger partial charge on any atom is -0.455 e. The molecule has 0 fully saturated rings. The zero-order chi connectivity index (χ0) is 19.1. The third-order valence-corrected chi connectivity index (χ3v) is 4.66. The van der Waals surface area contributed by atoms with Crippen molar-refractivity contribution in [1.82, 2.24) is 20.4 Å². The van der Waals surface area contributed by atoms with Crippen molar-refractivity contribution in [3.63, 3.8) is 0 Å². The van der Waals surface area contributed by atoms with Crippen molar-refractivity contribution in [2.24, 2.45) is 0 Å². The summed E-state index contributed by atoms with van der Waals surface area (Å²) in [6, 6.07) is 9.04. The summed E-state index contributed by atoms with van der Waals surface area (Å²) in [6.07, 6.45) is 0. The average Bonchev–Trinajstić information content (AvgIpc) is 2.92. The number of rotatable bonds is 6. The topological polar surface area (TPSA) is 102 Å². The SMILES string of the molecule is CNC(=O)NC(=O)COC(=O)CSc1c(C)nn(-c2ccccc2)c1C. The van der Waals surface area contributed by atoms with Gasteiger partial charge in [0.05, 0.1) is 27.7 Å². The standard InChI is InChI=1S/C17H20N4O4S/c1-11-16(12(2)21(20-11)13-7-5-4-6-8-13)26-10-15(23)25-9-14(22)19-17(24)18-3/h4-8H,9-10H2,1-3H3,(H2,18,19,22,24). The van der Waals surface area contributed by atoms with Gasteiger partial charge in [0.2, 0.25) is 0 Å². The number of benzene rings is 1. The van der Waals surface area contributed by atoms with E-state index >= 15 is 0 Å². The molecule has 2 rings (SSSR count). The molecule has 9 heteroatoms. The molecule has 0 atom stereocenters. The number of nitrogens with one attached hydrogen (secondary N) is 2. The van der Waals surface area contributed by atoms with Crippen LogP contribution in [0.5, 0.6) is 0 Å². The van der Waals surface area contributed by atoms with Crippen molar-refractivity contribution in [3.05, 3.63) is 41.7 Å². The van der Waals surface area contributed by atoms with Crippen LogP contribution in [-0.4, -0.2) is 47.1 Å². The molecule has 8 nitrogen and oxygen atoms in total. The number of para-hydroxylation sites is 1. The number of carbonyl (C=O) groups excluding carboxylic acids is 3. The fourth-order valence-electron chi connectivity index (χ4n) is 2.20. The summed E-state index contributed by atoms with van der Waals surface area (Å²) in [7, 11) is 1.38. The van der Waals surface area contributed by atoms with Crippen LogP contribution in [0.3, 0.4) is 0 Å². The van der Waals surface area contributed by atoms with Crippen molar-refractivity contribution in [2.45, 2.75) is 18.7 Å². The smallest absolute Gasteiger partial charge is 0.321 e. The lowest BCUT2D eigenvalue weighted by atomic mass is 10.3. The van der Waals surface area contributed by atoms with Gasteiger partial charge in [-0.25, -0.2) is 9.48 Å². The molecule has 2 aromatic rings. The van der Waals surface area contributed by atoms with Crippen LogP contribution in [0, 0.1) is 13.8 Å². The first kappa shape index (κ1) is 19.5. The second kappa shape index (κ2) is 9.04. The average molecular weight is 376 g/mol. The number of nitrogens with zero attached hydrogens (tertiary/aromatic N) is 2. The van der Waals surface area contributed by atoms with Crippen molar-refractivity contribution in [2.75, 3.05) is 19.4 Å². The van der Waals surface area contributed by atoms with Gasteiger partial charge >= 0.3 is 12.0 Å². The summed E-state index contributed by atoms with van der Waals surface area (Å²) < 4.78 is 6.68. The van der Waals surface area contributed by atoms with E-state index in [1.54, 1.807) is 0 Å². The molecule has 26 heavy (non-hydrogen) atoms. The summed E-state index contributed by atoms with van der Waals surface area (Å²) in [5.41, 5.74) is 2.67. The van der Waals surface area contributed by atoms with Crippen LogP contribution >= 0.6 is 11.8 Å². The monoisotopic (exact) mass is 376 g/mol. The van der Waals surface area contributed by atoms with E-state index in [2.05, 4.69) is 10.4 Å². The van der Waals surface area contributed by atoms with Crippen molar-refractivity contribution in [3.8, 4) is 5.69 Å². The highest BCUT2D eigenvalue weighted by molar-refractivity contribution is 8.00. The number of thioether (sulfide) groups is 1. The van der Waals surface area contributed by atoms with Gasteiger partial charge in [-0.2, -0.15) is 5.10 Å². The van der Waals surface area contributed by atoms with Crippen molar-refractivity contribution >= 4 is 29.7 Å². The summed E-state index contributed by atoms with van der Waals surface area (Å²) in [6.45, 7) is 3.29. The van der Waals surface area contributed by atoms with Crippen LogP contribution in [-0.2, 0) is 14.3 Å². The van der Waals surface area contributed by atoms with Gasteiger partial charge in [-0.1, -0.05) is 18.2 Å². The molecule has 0 saturated heterocycles. The Balaban J connectivity index is 1.91. The fourth-order valence-corrected chi connectivity index (χ4v) is 3.09. The molecule has 0 unspecified atom stereocenters. The largest absolute Gasteiger partial charge is 0.455 e. The first-order valence-electron chi connectivity index (χ1n) is 7.84. The summed E-state index contributed by atoms with van der Waals surface area (Å²) in [5.74, 6) is -1.20. The lowest BCUT2D eigenvalue weighted by molar-refractivity contribution is -0.145. The van der Waals surface area contributed by atoms with E-state index in [-0.39, 0.29) is 5.75 Å². The van der Waals surface area contributed by atoms with E-state index in [0.717, 1.165) is 22.0 Å². The van der Waals surface area contributed by atoms with Crippen LogP contribution in [0.1, 0.15) is 11.4 Å². The zero-order valence-corrected chi connectivity index (χ0v) is 15.6. The molecule has 2 N–H and O–H groups in total. The number of ether oxygens (including phenoxy) is 1. The number of aryl methyl sites for hydroxylation is 1. The summed E-state index contributed by atoms with van der Waals surface area (Å²) in [4.78, 5) is 35.1. The fraction of sp³-hybridized carbons (Fsp3) is 0.294. The Morgan fingerprint density at radius 1 is 1.19 bits per heavy atom. The lowest BCUT2D eigenvalue weighted by Crippen LogP contribution is -2.39. The van der Waals surface area contributed by atoms with E-state index in [1.807, 2.05) is 54.2 Å². The molecule has 3 amide bonds. The maximum absolute atomic E-state index is 11.8. The third kappa shape index (κ3) is 5.09. The number of aromatic nitrogens is 2. The highest BCUT2D eigenvalue weighted by Crippen LogP contribution is 2.27. The van der Waals surface area contributed by atoms with Gasteiger partial charge in [0, 0.05) is 7.05 Å². The summed E-state index contributed by atoms with van der Waals surface area (Å²) >= 11 is 1.30. The third-order valence-electron chi connectivity index (χ3n) is 3.40. The Bertz CT molecular complexity index is 805. The van der Waals surface area contributed by atoms with Crippen LogP contribution in [0.25, 0.3) is 5.69 Å². The van der Waals surface area contributed by atoms with Crippen LogP contribution in [0.15, 0.2) is 35.2 Å². The first-order chi connectivity index (χ1) is 12.4. The molecule has 0 aliphatic rings. The number of carbonyl (C=O) groups is 3. The predicted molar refractivity (Wildman–Crippen MR) is 97.3 cm³/mol. The maximum atomic E-state index is 11.8. The molecule has 0 saturated carbocycles. The van der Waals surface area contributed by atoms with Gasteiger partial charge in [0.1, 0.15) is 0 Å². The number of esters is 1. The van der Waals surface area contributed by atoms with Crippen LogP contribution < -0.4 is 10.6 Å². The molecule has 138 valence electrons. The molecular formula is C17H20N4O4S. The Morgan fingerprint density at radius 2 is 1.88 bits per heavy atom. The minimum absolute atomic E-state index is 0.0371. The van der Waals surface area contributed by atoms with E-state index < -0.39 is 24.5 Å². The first-order valence-corrected chi connectivity index (χ1v) is 8.82. The molecule has 0 spiro atoms. The van der Waals surface area contributed by atoms with E-state index in [0.29, 0.717) is 0 Å². The number of hydrogen-bond donors (Lipinski definition) is 2. The Kier molecular flexibility index (Phi) is 6.79. The number of hydrogen-bond acceptors (Lipinski definition) is 6.